The molecule has 0 N–H and O–H groups in total. The Labute approximate surface area is 306 Å². The molecule has 2 aliphatic heterocycles. The third-order valence-corrected chi connectivity index (χ3v) is 12.8. The minimum absolute atomic E-state index is 0.0726. The van der Waals surface area contributed by atoms with E-state index in [4.69, 9.17) is 0 Å². The lowest BCUT2D eigenvalue weighted by molar-refractivity contribution is -0.762. The third-order valence-electron chi connectivity index (χ3n) is 12.8. The van der Waals surface area contributed by atoms with Crippen molar-refractivity contribution in [3.05, 3.63) is 192 Å². The number of hydrogen-bond acceptors (Lipinski definition) is 0. The smallest absolute Gasteiger partial charge is 0.213 e. The quantitative estimate of drug-likeness (QED) is 0.156. The lowest BCUT2D eigenvalue weighted by atomic mass is 9.62. The van der Waals surface area contributed by atoms with Crippen LogP contribution in [0.3, 0.4) is 0 Å². The van der Waals surface area contributed by atoms with E-state index in [1.54, 1.807) is 0 Å². The number of benzene rings is 6. The van der Waals surface area contributed by atoms with Gasteiger partial charge in [0.05, 0.1) is 27.7 Å². The van der Waals surface area contributed by atoms with E-state index in [-0.39, 0.29) is 5.54 Å². The van der Waals surface area contributed by atoms with Gasteiger partial charge in [-0.1, -0.05) is 130 Å². The van der Waals surface area contributed by atoms with Gasteiger partial charge < -0.3 is 4.57 Å². The second-order valence-corrected chi connectivity index (χ2v) is 14.8. The Kier molecular flexibility index (Phi) is 6.95. The normalized spacial score (nSPS) is 16.3. The predicted octanol–water partition coefficient (Wildman–Crippen LogP) is 12.1. The van der Waals surface area contributed by atoms with Gasteiger partial charge in [-0.05, 0) is 81.8 Å². The minimum Gasteiger partial charge on any atom is -0.309 e. The fourth-order valence-corrected chi connectivity index (χ4v) is 10.5. The van der Waals surface area contributed by atoms with E-state index in [1.807, 2.05) is 0 Å². The van der Waals surface area contributed by atoms with Gasteiger partial charge in [0.25, 0.3) is 0 Å². The van der Waals surface area contributed by atoms with Gasteiger partial charge in [0, 0.05) is 41.7 Å². The molecule has 0 amide bonds. The van der Waals surface area contributed by atoms with Crippen LogP contribution in [-0.4, -0.2) is 4.57 Å². The van der Waals surface area contributed by atoms with Crippen LogP contribution in [0.15, 0.2) is 164 Å². The topological polar surface area (TPSA) is 8.81 Å². The Bertz CT molecular complexity index is 2600. The zero-order valence-electron chi connectivity index (χ0n) is 30.2. The van der Waals surface area contributed by atoms with Crippen LogP contribution in [0.4, 0.5) is 0 Å². The Hall–Kier alpha value is -5.73. The number of rotatable bonds is 6. The van der Waals surface area contributed by atoms with Crippen molar-refractivity contribution < 1.29 is 4.57 Å². The monoisotopic (exact) mass is 671 g/mol. The lowest BCUT2D eigenvalue weighted by Crippen LogP contribution is -2.62. The van der Waals surface area contributed by atoms with Gasteiger partial charge in [-0.25, -0.2) is 0 Å². The first-order chi connectivity index (χ1) is 25.7. The summed E-state index contributed by atoms with van der Waals surface area (Å²) < 4.78 is 5.14. The summed E-state index contributed by atoms with van der Waals surface area (Å²) in [6.07, 6.45) is 5.66. The zero-order valence-corrected chi connectivity index (χ0v) is 30.2. The van der Waals surface area contributed by atoms with Crippen molar-refractivity contribution in [2.24, 2.45) is 0 Å². The van der Waals surface area contributed by atoms with Crippen molar-refractivity contribution in [2.75, 3.05) is 0 Å². The summed E-state index contributed by atoms with van der Waals surface area (Å²) in [5, 5.41) is 2.58. The van der Waals surface area contributed by atoms with E-state index in [0.29, 0.717) is 5.92 Å². The van der Waals surface area contributed by atoms with Gasteiger partial charge >= 0.3 is 0 Å². The van der Waals surface area contributed by atoms with Crippen LogP contribution in [0.1, 0.15) is 73.8 Å². The molecule has 0 saturated carbocycles. The van der Waals surface area contributed by atoms with Gasteiger partial charge in [-0.2, -0.15) is 4.57 Å². The summed E-state index contributed by atoms with van der Waals surface area (Å²) in [6.45, 7) is 7.11. The highest BCUT2D eigenvalue weighted by molar-refractivity contribution is 6.13. The molecule has 0 aliphatic carbocycles. The van der Waals surface area contributed by atoms with E-state index in [0.717, 1.165) is 19.3 Å². The minimum atomic E-state index is -0.524. The van der Waals surface area contributed by atoms with Gasteiger partial charge in [0.2, 0.25) is 5.69 Å². The summed E-state index contributed by atoms with van der Waals surface area (Å²) in [5.41, 5.74) is 15.2. The Balaban J connectivity index is 1.33. The number of para-hydroxylation sites is 2. The Morgan fingerprint density at radius 3 is 1.98 bits per heavy atom. The fourth-order valence-electron chi connectivity index (χ4n) is 10.5. The summed E-state index contributed by atoms with van der Waals surface area (Å²) in [7, 11) is 0. The molecule has 1 unspecified atom stereocenters. The van der Waals surface area contributed by atoms with Crippen molar-refractivity contribution >= 4 is 21.8 Å². The molecule has 8 aromatic rings. The van der Waals surface area contributed by atoms with Crippen molar-refractivity contribution in [3.63, 3.8) is 0 Å². The standard InChI is InChI=1S/C50H43N2/c1-4-42-38-29-28-34(31-40(38)45-25-17-18-30-51(45)49(42,5-2)6-3)35-32-41-39-23-13-15-26-46(39)52-47-27-16-14-24-43(47)50(44(33-35)48(41)52,36-19-9-7-10-20-36)37-21-11-8-12-22-37/h7-33,42H,4-6H2,1-3H3/q+1. The van der Waals surface area contributed by atoms with Crippen LogP contribution < -0.4 is 4.57 Å². The maximum absolute atomic E-state index is 2.61. The van der Waals surface area contributed by atoms with Crippen molar-refractivity contribution in [1.29, 1.82) is 0 Å². The van der Waals surface area contributed by atoms with E-state index < -0.39 is 5.41 Å². The summed E-state index contributed by atoms with van der Waals surface area (Å²) in [4.78, 5) is 0. The molecule has 10 rings (SSSR count). The molecule has 2 heteroatoms. The number of hydrogen-bond donors (Lipinski definition) is 0. The van der Waals surface area contributed by atoms with Crippen LogP contribution >= 0.6 is 0 Å². The number of pyridine rings is 1. The molecule has 2 aromatic heterocycles. The second-order valence-electron chi connectivity index (χ2n) is 14.8. The van der Waals surface area contributed by atoms with Crippen molar-refractivity contribution in [2.45, 2.75) is 56.9 Å². The first-order valence-corrected chi connectivity index (χ1v) is 19.1. The molecule has 0 saturated heterocycles. The van der Waals surface area contributed by atoms with E-state index >= 15 is 0 Å². The average Bonchev–Trinajstić information content (AvgIpc) is 3.56. The molecule has 0 spiro atoms. The molecule has 0 fully saturated rings. The summed E-state index contributed by atoms with van der Waals surface area (Å²) >= 11 is 0. The van der Waals surface area contributed by atoms with Crippen LogP contribution in [-0.2, 0) is 11.0 Å². The van der Waals surface area contributed by atoms with Crippen LogP contribution in [0.2, 0.25) is 0 Å². The maximum atomic E-state index is 2.61. The largest absolute Gasteiger partial charge is 0.309 e. The number of aromatic nitrogens is 2. The first-order valence-electron chi connectivity index (χ1n) is 19.1. The maximum Gasteiger partial charge on any atom is 0.213 e. The molecule has 0 radical (unpaired) electrons. The highest BCUT2D eigenvalue weighted by Gasteiger charge is 2.50. The molecule has 0 bridgehead atoms. The van der Waals surface area contributed by atoms with E-state index in [1.165, 1.54) is 77.7 Å². The Morgan fingerprint density at radius 1 is 0.577 bits per heavy atom. The molecule has 1 atom stereocenters. The molecular formula is C50H43N2+. The molecular weight excluding hydrogens is 629 g/mol. The van der Waals surface area contributed by atoms with E-state index in [9.17, 15) is 0 Å². The fraction of sp³-hybridized carbons (Fsp3) is 0.180. The van der Waals surface area contributed by atoms with Gasteiger partial charge in [-0.3, -0.25) is 0 Å². The SMILES string of the molecule is CCC1c2ccc(-c3cc4c5c(c3)c3ccccc3n5-c3ccccc3C4(c3ccccc3)c3ccccc3)cc2-c2cccc[n+]2C1(CC)CC. The van der Waals surface area contributed by atoms with Crippen molar-refractivity contribution in [1.82, 2.24) is 4.57 Å². The summed E-state index contributed by atoms with van der Waals surface area (Å²) in [5.74, 6) is 0.452. The molecule has 52 heavy (non-hydrogen) atoms. The van der Waals surface area contributed by atoms with Gasteiger partial charge in [0.15, 0.2) is 11.7 Å². The third kappa shape index (κ3) is 3.98. The number of nitrogens with zero attached hydrogens (tertiary/aromatic N) is 2. The lowest BCUT2D eigenvalue weighted by Gasteiger charge is -2.42. The van der Waals surface area contributed by atoms with Crippen molar-refractivity contribution in [3.8, 4) is 28.1 Å². The summed E-state index contributed by atoms with van der Waals surface area (Å²) in [6, 6.07) is 59.5. The molecule has 252 valence electrons. The van der Waals surface area contributed by atoms with Crippen LogP contribution in [0.5, 0.6) is 0 Å². The van der Waals surface area contributed by atoms with E-state index in [2.05, 4.69) is 194 Å². The average molecular weight is 672 g/mol. The van der Waals surface area contributed by atoms with Gasteiger partial charge in [0.1, 0.15) is 0 Å². The molecule has 2 aliphatic rings. The zero-order chi connectivity index (χ0) is 35.0. The Morgan fingerprint density at radius 2 is 1.25 bits per heavy atom. The molecule has 2 nitrogen and oxygen atoms in total. The molecule has 4 heterocycles. The number of fused-ring (bicyclic) bond motifs is 8. The predicted molar refractivity (Wildman–Crippen MR) is 215 cm³/mol. The molecule has 6 aromatic carbocycles. The van der Waals surface area contributed by atoms with Crippen LogP contribution in [0, 0.1) is 0 Å². The van der Waals surface area contributed by atoms with Crippen LogP contribution in [0.25, 0.3) is 49.9 Å². The second kappa shape index (κ2) is 11.6. The highest BCUT2D eigenvalue weighted by atomic mass is 15.1. The first kappa shape index (κ1) is 31.0. The highest BCUT2D eigenvalue weighted by Crippen LogP contribution is 2.55. The van der Waals surface area contributed by atoms with Gasteiger partial charge in [-0.15, -0.1) is 0 Å².